The minimum absolute atomic E-state index is 0. The average Bonchev–Trinajstić information content (AvgIpc) is 3.40. The number of hydrogen-bond acceptors (Lipinski definition) is 4. The second-order valence-corrected chi connectivity index (χ2v) is 9.45. The predicted molar refractivity (Wildman–Crippen MR) is 158 cm³/mol. The molecule has 0 fully saturated rings. The fourth-order valence-electron chi connectivity index (χ4n) is 5.28. The Hall–Kier alpha value is -5.04. The third-order valence-electron chi connectivity index (χ3n) is 7.11. The quantitative estimate of drug-likeness (QED) is 0.189. The molecule has 198 valence electrons. The van der Waals surface area contributed by atoms with Crippen molar-refractivity contribution in [3.8, 4) is 51.3 Å². The Kier molecular flexibility index (Phi) is 6.93. The fourth-order valence-corrected chi connectivity index (χ4v) is 5.28. The van der Waals surface area contributed by atoms with Crippen LogP contribution in [0.3, 0.4) is 0 Å². The molecule has 0 radical (unpaired) electrons. The van der Waals surface area contributed by atoms with Gasteiger partial charge < -0.3 is 5.11 Å². The first-order valence-corrected chi connectivity index (χ1v) is 12.9. The van der Waals surface area contributed by atoms with Gasteiger partial charge in [0.15, 0.2) is 0 Å². The molecule has 0 aliphatic heterocycles. The van der Waals surface area contributed by atoms with Gasteiger partial charge in [-0.2, -0.15) is 5.26 Å². The van der Waals surface area contributed by atoms with Crippen LogP contribution in [0.4, 0.5) is 0 Å². The summed E-state index contributed by atoms with van der Waals surface area (Å²) in [5, 5.41) is 22.7. The van der Waals surface area contributed by atoms with E-state index in [1.165, 1.54) is 0 Å². The molecule has 0 saturated carbocycles. The summed E-state index contributed by atoms with van der Waals surface area (Å²) in [5.74, 6) is 0.804. The van der Waals surface area contributed by atoms with E-state index in [4.69, 9.17) is 4.98 Å². The van der Waals surface area contributed by atoms with Gasteiger partial charge in [0.2, 0.25) is 0 Å². The van der Waals surface area contributed by atoms with Gasteiger partial charge in [0.1, 0.15) is 11.6 Å². The van der Waals surface area contributed by atoms with Gasteiger partial charge in [-0.05, 0) is 41.8 Å². The van der Waals surface area contributed by atoms with E-state index in [0.717, 1.165) is 44.2 Å². The number of fused-ring (bicyclic) bond motifs is 2. The van der Waals surface area contributed by atoms with Crippen molar-refractivity contribution in [1.82, 2.24) is 14.5 Å². The number of pyridine rings is 1. The maximum absolute atomic E-state index is 10.9. The monoisotopic (exact) mass is 708 g/mol. The number of nitrogens with zero attached hydrogens (tertiary/aromatic N) is 4. The minimum Gasteiger partial charge on any atom is -0.507 e. The molecule has 2 aromatic heterocycles. The number of imidazole rings is 1. The van der Waals surface area contributed by atoms with E-state index in [2.05, 4.69) is 46.0 Å². The van der Waals surface area contributed by atoms with Crippen LogP contribution < -0.4 is 0 Å². The molecule has 5 aromatic carbocycles. The molecule has 41 heavy (non-hydrogen) atoms. The van der Waals surface area contributed by atoms with Crippen molar-refractivity contribution in [2.24, 2.45) is 0 Å². The molecule has 7 rings (SSSR count). The standard InChI is InChI=1S/C35H21N4O.Pt/c36-22-26-13-8-20-37-33(26)25-12-5-11-24(21-25)28-16-7-18-31-34(28)38-35(29-15-3-4-19-32(29)40)39(31)30-17-6-10-23-9-1-2-14-27(23)30;/h1-20,40H;/q-1;. The van der Waals surface area contributed by atoms with Crippen molar-refractivity contribution in [1.29, 1.82) is 5.26 Å². The molecule has 0 atom stereocenters. The predicted octanol–water partition coefficient (Wildman–Crippen LogP) is 7.95. The zero-order valence-electron chi connectivity index (χ0n) is 21.6. The summed E-state index contributed by atoms with van der Waals surface area (Å²) in [6.45, 7) is 0. The van der Waals surface area contributed by atoms with Gasteiger partial charge in [-0.3, -0.25) is 9.55 Å². The largest absolute Gasteiger partial charge is 0.507 e. The zero-order chi connectivity index (χ0) is 27.1. The van der Waals surface area contributed by atoms with E-state index in [-0.39, 0.29) is 26.8 Å². The third kappa shape index (κ3) is 4.49. The molecule has 0 bridgehead atoms. The van der Waals surface area contributed by atoms with E-state index in [9.17, 15) is 10.4 Å². The van der Waals surface area contributed by atoms with E-state index >= 15 is 0 Å². The smallest absolute Gasteiger partial charge is 0.148 e. The first-order chi connectivity index (χ1) is 19.7. The van der Waals surface area contributed by atoms with Crippen molar-refractivity contribution in [2.75, 3.05) is 0 Å². The molecule has 0 aliphatic carbocycles. The van der Waals surface area contributed by atoms with Gasteiger partial charge in [0, 0.05) is 43.9 Å². The minimum atomic E-state index is 0. The number of hydrogen-bond donors (Lipinski definition) is 1. The summed E-state index contributed by atoms with van der Waals surface area (Å²) in [4.78, 5) is 9.61. The molecular formula is C35H21N4OPt-. The van der Waals surface area contributed by atoms with Crippen molar-refractivity contribution < 1.29 is 26.2 Å². The maximum atomic E-state index is 10.9. The Morgan fingerprint density at radius 2 is 1.46 bits per heavy atom. The molecule has 0 saturated heterocycles. The van der Waals surface area contributed by atoms with Crippen molar-refractivity contribution in [3.63, 3.8) is 0 Å². The summed E-state index contributed by atoms with van der Waals surface area (Å²) in [5.41, 5.74) is 6.86. The molecule has 0 spiro atoms. The number of aromatic hydroxyl groups is 1. The van der Waals surface area contributed by atoms with E-state index in [1.54, 1.807) is 24.4 Å². The first kappa shape index (κ1) is 26.2. The Labute approximate surface area is 251 Å². The number of benzene rings is 5. The van der Waals surface area contributed by atoms with Gasteiger partial charge in [-0.1, -0.05) is 71.8 Å². The van der Waals surface area contributed by atoms with Crippen LogP contribution in [0, 0.1) is 17.4 Å². The zero-order valence-corrected chi connectivity index (χ0v) is 23.9. The molecule has 1 N–H and O–H groups in total. The van der Waals surface area contributed by atoms with Gasteiger partial charge in [0.25, 0.3) is 0 Å². The number of phenols is 1. The number of rotatable bonds is 4. The molecule has 5 nitrogen and oxygen atoms in total. The Morgan fingerprint density at radius 1 is 0.732 bits per heavy atom. The van der Waals surface area contributed by atoms with Crippen LogP contribution in [0.5, 0.6) is 5.75 Å². The normalized spacial score (nSPS) is 10.8. The van der Waals surface area contributed by atoms with Crippen molar-refractivity contribution in [2.45, 2.75) is 0 Å². The summed E-state index contributed by atoms with van der Waals surface area (Å²) in [7, 11) is 0. The summed E-state index contributed by atoms with van der Waals surface area (Å²) in [6.07, 6.45) is 1.68. The molecule has 7 aromatic rings. The molecule has 0 amide bonds. The summed E-state index contributed by atoms with van der Waals surface area (Å²) in [6, 6.07) is 42.9. The van der Waals surface area contributed by atoms with E-state index < -0.39 is 0 Å². The second kappa shape index (κ2) is 10.8. The third-order valence-corrected chi connectivity index (χ3v) is 7.11. The number of phenolic OH excluding ortho intramolecular Hbond substituents is 1. The number of aromatic nitrogens is 3. The van der Waals surface area contributed by atoms with Crippen LogP contribution in [-0.2, 0) is 21.1 Å². The van der Waals surface area contributed by atoms with Gasteiger partial charge in [0.05, 0.1) is 28.4 Å². The summed E-state index contributed by atoms with van der Waals surface area (Å²) < 4.78 is 2.12. The van der Waals surface area contributed by atoms with Crippen LogP contribution in [0.25, 0.3) is 61.3 Å². The first-order valence-electron chi connectivity index (χ1n) is 12.9. The number of nitriles is 1. The van der Waals surface area contributed by atoms with Crippen LogP contribution in [-0.4, -0.2) is 19.6 Å². The molecular weight excluding hydrogens is 687 g/mol. The second-order valence-electron chi connectivity index (χ2n) is 9.45. The molecule has 0 unspecified atom stereocenters. The SMILES string of the molecule is N#Cc1cccnc1-c1[c-]c(-c2cccc3c2nc(-c2ccccc2O)n3-c2cccc3ccccc23)ccc1.[Pt]. The average molecular weight is 709 g/mol. The Morgan fingerprint density at radius 3 is 2.34 bits per heavy atom. The van der Waals surface area contributed by atoms with Gasteiger partial charge >= 0.3 is 0 Å². The Bertz CT molecular complexity index is 2100. The summed E-state index contributed by atoms with van der Waals surface area (Å²) >= 11 is 0. The van der Waals surface area contributed by atoms with Crippen LogP contribution in [0.2, 0.25) is 0 Å². The topological polar surface area (TPSA) is 74.7 Å². The molecule has 0 aliphatic rings. The van der Waals surface area contributed by atoms with Crippen LogP contribution in [0.1, 0.15) is 5.56 Å². The number of para-hydroxylation sites is 2. The fraction of sp³-hybridized carbons (Fsp3) is 0. The van der Waals surface area contributed by atoms with Crippen LogP contribution in [0.15, 0.2) is 121 Å². The maximum Gasteiger partial charge on any atom is 0.148 e. The molecule has 6 heteroatoms. The van der Waals surface area contributed by atoms with Gasteiger partial charge in [-0.25, -0.2) is 4.98 Å². The van der Waals surface area contributed by atoms with E-state index in [0.29, 0.717) is 22.6 Å². The van der Waals surface area contributed by atoms with E-state index in [1.807, 2.05) is 72.8 Å². The van der Waals surface area contributed by atoms with Crippen molar-refractivity contribution >= 4 is 21.8 Å². The Balaban J connectivity index is 0.00000302. The van der Waals surface area contributed by atoms with Crippen LogP contribution >= 0.6 is 0 Å². The van der Waals surface area contributed by atoms with Gasteiger partial charge in [-0.15, -0.1) is 29.8 Å². The molecule has 2 heterocycles. The van der Waals surface area contributed by atoms with Crippen molar-refractivity contribution in [3.05, 3.63) is 133 Å².